The van der Waals surface area contributed by atoms with Crippen molar-refractivity contribution in [2.24, 2.45) is 0 Å². The van der Waals surface area contributed by atoms with Crippen LogP contribution in [0.2, 0.25) is 0 Å². The minimum Gasteiger partial charge on any atom is -0.381 e. The summed E-state index contributed by atoms with van der Waals surface area (Å²) in [4.78, 5) is 10.1. The summed E-state index contributed by atoms with van der Waals surface area (Å²) in [6.07, 6.45) is 0. The maximum Gasteiger partial charge on any atom is 0.272 e. The molecule has 0 unspecified atom stereocenters. The van der Waals surface area contributed by atoms with E-state index in [2.05, 4.69) is 5.32 Å². The van der Waals surface area contributed by atoms with Gasteiger partial charge in [-0.2, -0.15) is 0 Å². The molecule has 0 aliphatic carbocycles. The number of nitrogens with one attached hydrogen (secondary N) is 1. The smallest absolute Gasteiger partial charge is 0.272 e. The summed E-state index contributed by atoms with van der Waals surface area (Å²) in [6, 6.07) is 9.49. The third-order valence-electron chi connectivity index (χ3n) is 3.16. The Morgan fingerprint density at radius 3 is 2.55 bits per heavy atom. The van der Waals surface area contributed by atoms with Crippen molar-refractivity contribution in [2.45, 2.75) is 20.4 Å². The first-order valence-electron chi connectivity index (χ1n) is 6.20. The first-order chi connectivity index (χ1) is 9.45. The van der Waals surface area contributed by atoms with Crippen molar-refractivity contribution in [1.82, 2.24) is 0 Å². The molecule has 0 aliphatic heterocycles. The molecule has 104 valence electrons. The van der Waals surface area contributed by atoms with Gasteiger partial charge in [0.1, 0.15) is 5.82 Å². The number of anilines is 1. The van der Waals surface area contributed by atoms with Crippen LogP contribution in [0.25, 0.3) is 0 Å². The summed E-state index contributed by atoms with van der Waals surface area (Å²) >= 11 is 0. The molecule has 1 N–H and O–H groups in total. The van der Waals surface area contributed by atoms with Crippen LogP contribution in [0, 0.1) is 29.8 Å². The monoisotopic (exact) mass is 274 g/mol. The van der Waals surface area contributed by atoms with E-state index >= 15 is 0 Å². The molecule has 0 spiro atoms. The molecule has 0 bridgehead atoms. The van der Waals surface area contributed by atoms with Gasteiger partial charge in [0.15, 0.2) is 0 Å². The molecule has 0 fully saturated rings. The molecule has 0 amide bonds. The van der Waals surface area contributed by atoms with Gasteiger partial charge in [0.25, 0.3) is 5.69 Å². The molecule has 2 aromatic rings. The number of benzene rings is 2. The SMILES string of the molecule is Cc1ccc(NCc2cc(F)cc([N+](=O)[O-])c2)cc1C. The summed E-state index contributed by atoms with van der Waals surface area (Å²) < 4.78 is 13.3. The molecule has 0 heterocycles. The lowest BCUT2D eigenvalue weighted by atomic mass is 10.1. The van der Waals surface area contributed by atoms with Crippen LogP contribution in [-0.2, 0) is 6.54 Å². The molecule has 20 heavy (non-hydrogen) atoms. The van der Waals surface area contributed by atoms with Crippen molar-refractivity contribution in [3.63, 3.8) is 0 Å². The largest absolute Gasteiger partial charge is 0.381 e. The molecule has 0 saturated carbocycles. The molecular weight excluding hydrogens is 259 g/mol. The van der Waals surface area contributed by atoms with Crippen LogP contribution < -0.4 is 5.32 Å². The van der Waals surface area contributed by atoms with E-state index in [4.69, 9.17) is 0 Å². The van der Waals surface area contributed by atoms with Crippen molar-refractivity contribution >= 4 is 11.4 Å². The molecule has 4 nitrogen and oxygen atoms in total. The fourth-order valence-electron chi connectivity index (χ4n) is 1.90. The highest BCUT2D eigenvalue weighted by molar-refractivity contribution is 5.49. The van der Waals surface area contributed by atoms with Crippen molar-refractivity contribution < 1.29 is 9.31 Å². The van der Waals surface area contributed by atoms with Gasteiger partial charge in [-0.05, 0) is 48.7 Å². The highest BCUT2D eigenvalue weighted by Gasteiger charge is 2.09. The number of aryl methyl sites for hydroxylation is 2. The first-order valence-corrected chi connectivity index (χ1v) is 6.20. The number of nitro benzene ring substituents is 1. The Morgan fingerprint density at radius 1 is 1.15 bits per heavy atom. The van der Waals surface area contributed by atoms with Crippen molar-refractivity contribution in [3.05, 3.63) is 69.0 Å². The Kier molecular flexibility index (Phi) is 3.98. The second kappa shape index (κ2) is 5.69. The number of non-ortho nitro benzene ring substituents is 1. The number of nitrogens with zero attached hydrogens (tertiary/aromatic N) is 1. The quantitative estimate of drug-likeness (QED) is 0.678. The number of hydrogen-bond donors (Lipinski definition) is 1. The molecule has 0 saturated heterocycles. The van der Waals surface area contributed by atoms with Crippen LogP contribution >= 0.6 is 0 Å². The molecule has 2 aromatic carbocycles. The fourth-order valence-corrected chi connectivity index (χ4v) is 1.90. The van der Waals surface area contributed by atoms with Gasteiger partial charge >= 0.3 is 0 Å². The van der Waals surface area contributed by atoms with Gasteiger partial charge in [-0.25, -0.2) is 4.39 Å². The lowest BCUT2D eigenvalue weighted by Gasteiger charge is -2.09. The van der Waals surface area contributed by atoms with E-state index in [9.17, 15) is 14.5 Å². The van der Waals surface area contributed by atoms with Crippen LogP contribution in [0.15, 0.2) is 36.4 Å². The Hall–Kier alpha value is -2.43. The normalized spacial score (nSPS) is 10.3. The summed E-state index contributed by atoms with van der Waals surface area (Å²) in [5.41, 5.74) is 3.55. The summed E-state index contributed by atoms with van der Waals surface area (Å²) in [6.45, 7) is 4.36. The van der Waals surface area contributed by atoms with Gasteiger partial charge in [-0.15, -0.1) is 0 Å². The predicted octanol–water partition coefficient (Wildman–Crippen LogP) is 3.96. The van der Waals surface area contributed by atoms with E-state index in [0.717, 1.165) is 17.3 Å². The van der Waals surface area contributed by atoms with Gasteiger partial charge in [-0.1, -0.05) is 6.07 Å². The molecule has 0 radical (unpaired) electrons. The van der Waals surface area contributed by atoms with Gasteiger partial charge < -0.3 is 5.32 Å². The van der Waals surface area contributed by atoms with E-state index < -0.39 is 10.7 Å². The fraction of sp³-hybridized carbons (Fsp3) is 0.200. The topological polar surface area (TPSA) is 55.2 Å². The van der Waals surface area contributed by atoms with Crippen molar-refractivity contribution in [3.8, 4) is 0 Å². The van der Waals surface area contributed by atoms with E-state index in [1.165, 1.54) is 17.7 Å². The number of hydrogen-bond acceptors (Lipinski definition) is 3. The first kappa shape index (κ1) is 14.0. The maximum absolute atomic E-state index is 13.3. The van der Waals surface area contributed by atoms with Gasteiger partial charge in [0.2, 0.25) is 0 Å². The van der Waals surface area contributed by atoms with Crippen LogP contribution in [0.1, 0.15) is 16.7 Å². The van der Waals surface area contributed by atoms with E-state index in [0.29, 0.717) is 12.1 Å². The minimum atomic E-state index is -0.601. The molecule has 0 aliphatic rings. The van der Waals surface area contributed by atoms with Crippen molar-refractivity contribution in [1.29, 1.82) is 0 Å². The van der Waals surface area contributed by atoms with Crippen LogP contribution in [0.5, 0.6) is 0 Å². The summed E-state index contributed by atoms with van der Waals surface area (Å²) in [5.74, 6) is -0.601. The van der Waals surface area contributed by atoms with Gasteiger partial charge in [0.05, 0.1) is 11.0 Å². The zero-order valence-corrected chi connectivity index (χ0v) is 11.3. The number of rotatable bonds is 4. The van der Waals surface area contributed by atoms with Crippen LogP contribution in [0.4, 0.5) is 15.8 Å². The zero-order chi connectivity index (χ0) is 14.7. The van der Waals surface area contributed by atoms with E-state index in [-0.39, 0.29) is 5.69 Å². The van der Waals surface area contributed by atoms with Gasteiger partial charge in [0, 0.05) is 18.3 Å². The van der Waals surface area contributed by atoms with E-state index in [1.807, 2.05) is 32.0 Å². The Bertz CT molecular complexity index is 656. The number of halogens is 1. The third-order valence-corrected chi connectivity index (χ3v) is 3.16. The summed E-state index contributed by atoms with van der Waals surface area (Å²) in [7, 11) is 0. The molecule has 0 atom stereocenters. The maximum atomic E-state index is 13.3. The molecule has 5 heteroatoms. The second-order valence-corrected chi connectivity index (χ2v) is 4.73. The average Bonchev–Trinajstić information content (AvgIpc) is 2.39. The van der Waals surface area contributed by atoms with E-state index in [1.54, 1.807) is 0 Å². The Morgan fingerprint density at radius 2 is 1.90 bits per heavy atom. The van der Waals surface area contributed by atoms with Gasteiger partial charge in [-0.3, -0.25) is 10.1 Å². The Balaban J connectivity index is 2.14. The molecule has 0 aromatic heterocycles. The predicted molar refractivity (Wildman–Crippen MR) is 76.3 cm³/mol. The van der Waals surface area contributed by atoms with Crippen LogP contribution in [0.3, 0.4) is 0 Å². The molecular formula is C15H15FN2O2. The highest BCUT2D eigenvalue weighted by atomic mass is 19.1. The average molecular weight is 274 g/mol. The highest BCUT2D eigenvalue weighted by Crippen LogP contribution is 2.19. The Labute approximate surface area is 116 Å². The lowest BCUT2D eigenvalue weighted by molar-refractivity contribution is -0.385. The zero-order valence-electron chi connectivity index (χ0n) is 11.3. The molecule has 2 rings (SSSR count). The van der Waals surface area contributed by atoms with Crippen LogP contribution in [-0.4, -0.2) is 4.92 Å². The lowest BCUT2D eigenvalue weighted by Crippen LogP contribution is -2.01. The second-order valence-electron chi connectivity index (χ2n) is 4.73. The summed E-state index contributed by atoms with van der Waals surface area (Å²) in [5, 5.41) is 13.8. The van der Waals surface area contributed by atoms with Crippen molar-refractivity contribution in [2.75, 3.05) is 5.32 Å². The third kappa shape index (κ3) is 3.32. The minimum absolute atomic E-state index is 0.234. The number of nitro groups is 1. The standard InChI is InChI=1S/C15H15FN2O2/c1-10-3-4-14(5-11(10)2)17-9-12-6-13(16)8-15(7-12)18(19)20/h3-8,17H,9H2,1-2H3.